The lowest BCUT2D eigenvalue weighted by Crippen LogP contribution is -1.78. The summed E-state index contributed by atoms with van der Waals surface area (Å²) < 4.78 is 0. The Morgan fingerprint density at radius 2 is 1.30 bits per heavy atom. The lowest BCUT2D eigenvalue weighted by Gasteiger charge is -1.81. The Morgan fingerprint density at radius 3 is 1.60 bits per heavy atom. The summed E-state index contributed by atoms with van der Waals surface area (Å²) in [6.45, 7) is 0.893. The summed E-state index contributed by atoms with van der Waals surface area (Å²) in [5.41, 5.74) is 0. The molecule has 0 bridgehead atoms. The van der Waals surface area contributed by atoms with Gasteiger partial charge >= 0.3 is 0 Å². The number of nitrogens with zero attached hydrogens (tertiary/aromatic N) is 4. The molecule has 4 nitrogen and oxygen atoms in total. The average Bonchev–Trinajstić information content (AvgIpc) is 1.97. The predicted molar refractivity (Wildman–Crippen MR) is 35.0 cm³/mol. The third kappa shape index (κ3) is 6.58. The summed E-state index contributed by atoms with van der Waals surface area (Å²) in [7, 11) is 0. The van der Waals surface area contributed by atoms with Crippen molar-refractivity contribution >= 4 is 0 Å². The Labute approximate surface area is 59.8 Å². The van der Waals surface area contributed by atoms with Crippen molar-refractivity contribution in [1.82, 2.24) is 0 Å². The minimum absolute atomic E-state index is 0.399. The van der Waals surface area contributed by atoms with Crippen molar-refractivity contribution in [3.8, 4) is 12.1 Å². The second kappa shape index (κ2) is 7.58. The van der Waals surface area contributed by atoms with E-state index in [0.29, 0.717) is 25.9 Å². The molecule has 52 valence electrons. The van der Waals surface area contributed by atoms with E-state index in [2.05, 4.69) is 10.2 Å². The van der Waals surface area contributed by atoms with E-state index >= 15 is 0 Å². The van der Waals surface area contributed by atoms with Crippen LogP contribution in [0.3, 0.4) is 0 Å². The molecule has 0 rings (SSSR count). The molecule has 0 aliphatic rings. The minimum Gasteiger partial charge on any atom is -0.198 e. The van der Waals surface area contributed by atoms with Crippen molar-refractivity contribution in [3.63, 3.8) is 0 Å². The van der Waals surface area contributed by atoms with Gasteiger partial charge in [-0.05, 0) is 0 Å². The molecule has 10 heavy (non-hydrogen) atoms. The highest BCUT2D eigenvalue weighted by molar-refractivity contribution is 4.70. The fourth-order valence-electron chi connectivity index (χ4n) is 0.341. The predicted octanol–water partition coefficient (Wildman–Crippen LogP) is 1.27. The van der Waals surface area contributed by atoms with Crippen LogP contribution in [0.2, 0.25) is 0 Å². The summed E-state index contributed by atoms with van der Waals surface area (Å²) >= 11 is 0. The number of hydrogen-bond donors (Lipinski definition) is 0. The largest absolute Gasteiger partial charge is 0.198 e. The molecule has 0 aromatic heterocycles. The zero-order chi connectivity index (χ0) is 7.66. The van der Waals surface area contributed by atoms with Crippen LogP contribution in [0.4, 0.5) is 0 Å². The van der Waals surface area contributed by atoms with Crippen molar-refractivity contribution in [2.24, 2.45) is 10.2 Å². The van der Waals surface area contributed by atoms with Crippen LogP contribution in [0.5, 0.6) is 0 Å². The molecule has 0 unspecified atom stereocenters. The molecule has 0 amide bonds. The minimum atomic E-state index is 0.399. The molecule has 0 atom stereocenters. The molecule has 0 saturated carbocycles. The monoisotopic (exact) mass is 136 g/mol. The van der Waals surface area contributed by atoms with Crippen molar-refractivity contribution < 1.29 is 0 Å². The van der Waals surface area contributed by atoms with E-state index in [-0.39, 0.29) is 0 Å². The zero-order valence-corrected chi connectivity index (χ0v) is 5.62. The Morgan fingerprint density at radius 1 is 0.900 bits per heavy atom. The maximum absolute atomic E-state index is 8.06. The molecule has 0 spiro atoms. The third-order valence-corrected chi connectivity index (χ3v) is 0.747. The smallest absolute Gasteiger partial charge is 0.0728 e. The summed E-state index contributed by atoms with van der Waals surface area (Å²) in [6, 6.07) is 3.88. The molecule has 0 fully saturated rings. The normalized spacial score (nSPS) is 9.00. The summed E-state index contributed by atoms with van der Waals surface area (Å²) in [5, 5.41) is 23.4. The molecule has 0 aromatic carbocycles. The van der Waals surface area contributed by atoms with Crippen LogP contribution < -0.4 is 0 Å². The first-order valence-electron chi connectivity index (χ1n) is 2.99. The Kier molecular flexibility index (Phi) is 6.50. The van der Waals surface area contributed by atoms with Crippen LogP contribution in [-0.2, 0) is 0 Å². The van der Waals surface area contributed by atoms with Crippen LogP contribution in [0.25, 0.3) is 0 Å². The lowest BCUT2D eigenvalue weighted by atomic mass is 10.5. The molecule has 0 N–H and O–H groups in total. The van der Waals surface area contributed by atoms with Gasteiger partial charge in [0.05, 0.1) is 38.1 Å². The average molecular weight is 136 g/mol. The highest BCUT2D eigenvalue weighted by Gasteiger charge is 1.79. The van der Waals surface area contributed by atoms with Gasteiger partial charge in [-0.15, -0.1) is 0 Å². The first kappa shape index (κ1) is 8.58. The van der Waals surface area contributed by atoms with Crippen LogP contribution in [0, 0.1) is 22.7 Å². The molecule has 0 radical (unpaired) electrons. The van der Waals surface area contributed by atoms with E-state index in [0.717, 1.165) is 0 Å². The van der Waals surface area contributed by atoms with Gasteiger partial charge < -0.3 is 0 Å². The van der Waals surface area contributed by atoms with Gasteiger partial charge in [0, 0.05) is 0 Å². The standard InChI is InChI=1S/C6H8N4/c7-3-1-5-9-10-6-2-4-8/h1-2,5-6H2. The number of hydrogen-bond acceptors (Lipinski definition) is 4. The number of nitriles is 2. The van der Waals surface area contributed by atoms with E-state index in [4.69, 9.17) is 10.5 Å². The SMILES string of the molecule is N#CCCN=NCCC#N. The maximum Gasteiger partial charge on any atom is 0.0728 e. The lowest BCUT2D eigenvalue weighted by molar-refractivity contribution is 0.841. The first-order chi connectivity index (χ1) is 4.91. The number of rotatable bonds is 4. The second-order valence-corrected chi connectivity index (χ2v) is 1.55. The van der Waals surface area contributed by atoms with Gasteiger partial charge in [-0.25, -0.2) is 0 Å². The van der Waals surface area contributed by atoms with E-state index in [1.807, 2.05) is 12.1 Å². The molecule has 0 aromatic rings. The summed E-state index contributed by atoms with van der Waals surface area (Å²) in [6.07, 6.45) is 0.798. The van der Waals surface area contributed by atoms with Crippen LogP contribution in [-0.4, -0.2) is 13.1 Å². The van der Waals surface area contributed by atoms with Gasteiger partial charge in [-0.1, -0.05) is 0 Å². The van der Waals surface area contributed by atoms with E-state index in [1.165, 1.54) is 0 Å². The van der Waals surface area contributed by atoms with Crippen molar-refractivity contribution in [3.05, 3.63) is 0 Å². The fraction of sp³-hybridized carbons (Fsp3) is 0.667. The van der Waals surface area contributed by atoms with Gasteiger partial charge in [-0.3, -0.25) is 0 Å². The molecular formula is C6H8N4. The van der Waals surface area contributed by atoms with Gasteiger partial charge in [0.25, 0.3) is 0 Å². The highest BCUT2D eigenvalue weighted by atomic mass is 15.1. The zero-order valence-electron chi connectivity index (χ0n) is 5.62. The second-order valence-electron chi connectivity index (χ2n) is 1.55. The van der Waals surface area contributed by atoms with Gasteiger partial charge in [0.2, 0.25) is 0 Å². The van der Waals surface area contributed by atoms with E-state index in [9.17, 15) is 0 Å². The van der Waals surface area contributed by atoms with E-state index < -0.39 is 0 Å². The Bertz CT molecular complexity index is 151. The van der Waals surface area contributed by atoms with Crippen LogP contribution in [0.1, 0.15) is 12.8 Å². The van der Waals surface area contributed by atoms with Gasteiger partial charge in [0.15, 0.2) is 0 Å². The number of azo groups is 1. The third-order valence-electron chi connectivity index (χ3n) is 0.747. The molecule has 0 heterocycles. The topological polar surface area (TPSA) is 72.3 Å². The Balaban J connectivity index is 3.08. The van der Waals surface area contributed by atoms with Crippen LogP contribution in [0.15, 0.2) is 10.2 Å². The summed E-state index contributed by atoms with van der Waals surface area (Å²) in [4.78, 5) is 0. The fourth-order valence-corrected chi connectivity index (χ4v) is 0.341. The molecule has 0 aliphatic heterocycles. The molecule has 0 aliphatic carbocycles. The first-order valence-corrected chi connectivity index (χ1v) is 2.99. The van der Waals surface area contributed by atoms with Crippen molar-refractivity contribution in [1.29, 1.82) is 10.5 Å². The van der Waals surface area contributed by atoms with Crippen LogP contribution >= 0.6 is 0 Å². The summed E-state index contributed by atoms with van der Waals surface area (Å²) in [5.74, 6) is 0. The quantitative estimate of drug-likeness (QED) is 0.431. The van der Waals surface area contributed by atoms with Gasteiger partial charge in [-0.2, -0.15) is 20.8 Å². The van der Waals surface area contributed by atoms with Crippen molar-refractivity contribution in [2.45, 2.75) is 12.8 Å². The van der Waals surface area contributed by atoms with E-state index in [1.54, 1.807) is 0 Å². The van der Waals surface area contributed by atoms with Gasteiger partial charge in [0.1, 0.15) is 0 Å². The Hall–Kier alpha value is -1.42. The molecule has 0 saturated heterocycles. The molecular weight excluding hydrogens is 128 g/mol. The molecule has 4 heteroatoms. The van der Waals surface area contributed by atoms with Crippen molar-refractivity contribution in [2.75, 3.05) is 13.1 Å². The maximum atomic E-state index is 8.06. The highest BCUT2D eigenvalue weighted by Crippen LogP contribution is 1.82.